The summed E-state index contributed by atoms with van der Waals surface area (Å²) in [6.07, 6.45) is 4.15. The lowest BCUT2D eigenvalue weighted by Gasteiger charge is -2.05. The molecule has 25 heavy (non-hydrogen) atoms. The fraction of sp³-hybridized carbons (Fsp3) is 0.222. The Morgan fingerprint density at radius 2 is 2.12 bits per heavy atom. The first kappa shape index (κ1) is 17.3. The Morgan fingerprint density at radius 3 is 2.84 bits per heavy atom. The number of furan rings is 1. The van der Waals surface area contributed by atoms with Crippen molar-refractivity contribution in [2.75, 3.05) is 12.3 Å². The molecule has 0 bridgehead atoms. The van der Waals surface area contributed by atoms with Gasteiger partial charge in [0.25, 0.3) is 0 Å². The molecule has 1 aromatic carbocycles. The molecule has 0 atom stereocenters. The van der Waals surface area contributed by atoms with Crippen molar-refractivity contribution < 1.29 is 13.6 Å². The minimum absolute atomic E-state index is 0.0604. The Bertz CT molecular complexity index is 829. The van der Waals surface area contributed by atoms with Crippen molar-refractivity contribution in [2.24, 2.45) is 7.05 Å². The summed E-state index contributed by atoms with van der Waals surface area (Å²) < 4.78 is 20.1. The van der Waals surface area contributed by atoms with Crippen LogP contribution < -0.4 is 5.32 Å². The molecule has 0 aliphatic rings. The summed E-state index contributed by atoms with van der Waals surface area (Å²) in [5.74, 6) is 1.55. The first-order valence-corrected chi connectivity index (χ1v) is 8.81. The Morgan fingerprint density at radius 1 is 1.32 bits per heavy atom. The van der Waals surface area contributed by atoms with Gasteiger partial charge in [-0.05, 0) is 36.4 Å². The van der Waals surface area contributed by atoms with Crippen LogP contribution in [0.4, 0.5) is 4.39 Å². The van der Waals surface area contributed by atoms with E-state index in [4.69, 9.17) is 4.42 Å². The Kier molecular flexibility index (Phi) is 5.55. The molecule has 0 spiro atoms. The van der Waals surface area contributed by atoms with Crippen molar-refractivity contribution in [3.8, 4) is 11.5 Å². The number of carbonyl (C=O) groups is 1. The third kappa shape index (κ3) is 4.73. The summed E-state index contributed by atoms with van der Waals surface area (Å²) in [6, 6.07) is 9.79. The second-order valence-electron chi connectivity index (χ2n) is 5.47. The lowest BCUT2D eigenvalue weighted by Crippen LogP contribution is -2.27. The van der Waals surface area contributed by atoms with Crippen molar-refractivity contribution in [1.29, 1.82) is 0 Å². The molecule has 3 aromatic rings. The number of hydrogen-bond acceptors (Lipinski definition) is 4. The van der Waals surface area contributed by atoms with Crippen molar-refractivity contribution >= 4 is 17.7 Å². The minimum Gasteiger partial charge on any atom is -0.463 e. The van der Waals surface area contributed by atoms with Gasteiger partial charge in [-0.1, -0.05) is 0 Å². The van der Waals surface area contributed by atoms with Gasteiger partial charge in [0.05, 0.1) is 12.0 Å². The van der Waals surface area contributed by atoms with Crippen LogP contribution in [0.3, 0.4) is 0 Å². The molecule has 0 saturated carbocycles. The molecule has 0 unspecified atom stereocenters. The van der Waals surface area contributed by atoms with Crippen LogP contribution in [0, 0.1) is 5.82 Å². The van der Waals surface area contributed by atoms with Gasteiger partial charge in [0.15, 0.2) is 5.76 Å². The quantitative estimate of drug-likeness (QED) is 0.658. The molecule has 1 N–H and O–H groups in total. The monoisotopic (exact) mass is 359 g/mol. The van der Waals surface area contributed by atoms with E-state index < -0.39 is 0 Å². The Hall–Kier alpha value is -2.54. The highest BCUT2D eigenvalue weighted by Crippen LogP contribution is 2.19. The number of amides is 1. The number of nitrogens with one attached hydrogen (secondary N) is 1. The van der Waals surface area contributed by atoms with Gasteiger partial charge in [-0.3, -0.25) is 4.79 Å². The summed E-state index contributed by atoms with van der Waals surface area (Å²) >= 11 is 1.38. The van der Waals surface area contributed by atoms with E-state index in [1.165, 1.54) is 23.9 Å². The average molecular weight is 359 g/mol. The van der Waals surface area contributed by atoms with E-state index in [1.54, 1.807) is 18.4 Å². The van der Waals surface area contributed by atoms with Crippen molar-refractivity contribution in [3.63, 3.8) is 0 Å². The van der Waals surface area contributed by atoms with Gasteiger partial charge in [0.2, 0.25) is 5.91 Å². The number of rotatable bonds is 7. The van der Waals surface area contributed by atoms with Gasteiger partial charge >= 0.3 is 0 Å². The predicted molar refractivity (Wildman–Crippen MR) is 94.7 cm³/mol. The fourth-order valence-electron chi connectivity index (χ4n) is 2.32. The molecule has 0 aliphatic carbocycles. The number of benzene rings is 1. The van der Waals surface area contributed by atoms with E-state index in [1.807, 2.05) is 29.9 Å². The summed E-state index contributed by atoms with van der Waals surface area (Å²) in [6.45, 7) is 0.505. The summed E-state index contributed by atoms with van der Waals surface area (Å²) in [5.41, 5.74) is 0.778. The van der Waals surface area contributed by atoms with Crippen LogP contribution in [-0.2, 0) is 18.3 Å². The molecule has 130 valence electrons. The highest BCUT2D eigenvalue weighted by Gasteiger charge is 2.10. The third-order valence-corrected chi connectivity index (χ3v) is 4.61. The highest BCUT2D eigenvalue weighted by molar-refractivity contribution is 8.00. The van der Waals surface area contributed by atoms with Gasteiger partial charge in [-0.2, -0.15) is 0 Å². The standard InChI is InChI=1S/C18H18FN3O2S/c1-22-11-15(16-3-2-10-24-16)21-17(22)8-9-20-18(23)12-25-14-6-4-13(19)5-7-14/h2-7,10-11H,8-9,12H2,1H3,(H,20,23). The molecule has 2 aromatic heterocycles. The lowest BCUT2D eigenvalue weighted by molar-refractivity contribution is -0.118. The van der Waals surface area contributed by atoms with Crippen molar-refractivity contribution in [2.45, 2.75) is 11.3 Å². The van der Waals surface area contributed by atoms with Crippen molar-refractivity contribution in [1.82, 2.24) is 14.9 Å². The molecule has 0 fully saturated rings. The molecular weight excluding hydrogens is 341 g/mol. The predicted octanol–water partition coefficient (Wildman–Crippen LogP) is 3.27. The number of imidazole rings is 1. The molecule has 0 aliphatic heterocycles. The molecule has 5 nitrogen and oxygen atoms in total. The molecule has 3 rings (SSSR count). The number of hydrogen-bond donors (Lipinski definition) is 1. The lowest BCUT2D eigenvalue weighted by atomic mass is 10.3. The van der Waals surface area contributed by atoms with Gasteiger partial charge in [0, 0.05) is 31.1 Å². The smallest absolute Gasteiger partial charge is 0.230 e. The number of halogens is 1. The minimum atomic E-state index is -0.280. The molecule has 0 radical (unpaired) electrons. The van der Waals surface area contributed by atoms with E-state index >= 15 is 0 Å². The zero-order chi connectivity index (χ0) is 17.6. The maximum absolute atomic E-state index is 12.8. The van der Waals surface area contributed by atoms with Crippen LogP contribution in [0.5, 0.6) is 0 Å². The van der Waals surface area contributed by atoms with Crippen LogP contribution in [-0.4, -0.2) is 27.8 Å². The van der Waals surface area contributed by atoms with E-state index in [2.05, 4.69) is 10.3 Å². The summed E-state index contributed by atoms with van der Waals surface area (Å²) in [5, 5.41) is 2.87. The number of aromatic nitrogens is 2. The van der Waals surface area contributed by atoms with Crippen LogP contribution in [0.15, 0.2) is 58.2 Å². The first-order chi connectivity index (χ1) is 12.1. The van der Waals surface area contributed by atoms with E-state index in [0.29, 0.717) is 18.7 Å². The van der Waals surface area contributed by atoms with Crippen LogP contribution >= 0.6 is 11.8 Å². The second-order valence-corrected chi connectivity index (χ2v) is 6.52. The number of nitrogens with zero attached hydrogens (tertiary/aromatic N) is 2. The maximum Gasteiger partial charge on any atom is 0.230 e. The summed E-state index contributed by atoms with van der Waals surface area (Å²) in [4.78, 5) is 17.3. The van der Waals surface area contributed by atoms with Gasteiger partial charge in [-0.25, -0.2) is 9.37 Å². The highest BCUT2D eigenvalue weighted by atomic mass is 32.2. The Balaban J connectivity index is 1.44. The normalized spacial score (nSPS) is 10.8. The van der Waals surface area contributed by atoms with E-state index in [9.17, 15) is 9.18 Å². The van der Waals surface area contributed by atoms with Crippen LogP contribution in [0.2, 0.25) is 0 Å². The third-order valence-electron chi connectivity index (χ3n) is 3.60. The SMILES string of the molecule is Cn1cc(-c2ccco2)nc1CCNC(=O)CSc1ccc(F)cc1. The maximum atomic E-state index is 12.8. The topological polar surface area (TPSA) is 60.1 Å². The van der Waals surface area contributed by atoms with Crippen LogP contribution in [0.25, 0.3) is 11.5 Å². The molecule has 0 saturated heterocycles. The Labute approximate surface area is 149 Å². The fourth-order valence-corrected chi connectivity index (χ4v) is 3.05. The van der Waals surface area contributed by atoms with Crippen LogP contribution in [0.1, 0.15) is 5.82 Å². The van der Waals surface area contributed by atoms with Gasteiger partial charge < -0.3 is 14.3 Å². The van der Waals surface area contributed by atoms with E-state index in [-0.39, 0.29) is 11.7 Å². The first-order valence-electron chi connectivity index (χ1n) is 7.83. The van der Waals surface area contributed by atoms with Gasteiger partial charge in [-0.15, -0.1) is 11.8 Å². The average Bonchev–Trinajstić information content (AvgIpc) is 3.25. The number of carbonyl (C=O) groups excluding carboxylic acids is 1. The zero-order valence-electron chi connectivity index (χ0n) is 13.7. The molecule has 7 heteroatoms. The number of aryl methyl sites for hydroxylation is 1. The number of thioether (sulfide) groups is 1. The van der Waals surface area contributed by atoms with Gasteiger partial charge in [0.1, 0.15) is 17.3 Å². The largest absolute Gasteiger partial charge is 0.463 e. The second kappa shape index (κ2) is 8.02. The molecule has 2 heterocycles. The van der Waals surface area contributed by atoms with Crippen molar-refractivity contribution in [3.05, 3.63) is 60.5 Å². The van der Waals surface area contributed by atoms with E-state index in [0.717, 1.165) is 22.2 Å². The summed E-state index contributed by atoms with van der Waals surface area (Å²) in [7, 11) is 1.92. The zero-order valence-corrected chi connectivity index (χ0v) is 14.6. The molecule has 1 amide bonds. The molecular formula is C18H18FN3O2S.